The summed E-state index contributed by atoms with van der Waals surface area (Å²) in [7, 11) is 0. The van der Waals surface area contributed by atoms with Gasteiger partial charge in [0.1, 0.15) is 18.9 Å². The molecule has 3 aromatic rings. The first-order chi connectivity index (χ1) is 13.5. The molecular formula is C21H21BrN4O2. The second-order valence-corrected chi connectivity index (χ2v) is 7.07. The van der Waals surface area contributed by atoms with Crippen LogP contribution in [0.15, 0.2) is 64.2 Å². The number of carbonyl (C=O) groups excluding carboxylic acids is 1. The molecule has 1 heterocycles. The molecule has 1 aromatic heterocycles. The van der Waals surface area contributed by atoms with Crippen molar-refractivity contribution in [3.8, 4) is 5.75 Å². The van der Waals surface area contributed by atoms with Crippen molar-refractivity contribution in [3.05, 3.63) is 81.6 Å². The van der Waals surface area contributed by atoms with Crippen molar-refractivity contribution in [2.45, 2.75) is 27.0 Å². The molecular weight excluding hydrogens is 420 g/mol. The second-order valence-electron chi connectivity index (χ2n) is 6.28. The first-order valence-electron chi connectivity index (χ1n) is 8.81. The molecule has 6 nitrogen and oxygen atoms in total. The SMILES string of the molecule is Cc1nn(CC(=O)N/N=C/c2ccc(OCc3ccccc3)cc2)c(C)c1Br. The van der Waals surface area contributed by atoms with E-state index in [1.54, 1.807) is 10.9 Å². The Bertz CT molecular complexity index is 966. The van der Waals surface area contributed by atoms with Crippen molar-refractivity contribution in [1.82, 2.24) is 15.2 Å². The minimum Gasteiger partial charge on any atom is -0.489 e. The molecule has 0 saturated heterocycles. The van der Waals surface area contributed by atoms with Crippen molar-refractivity contribution in [2.24, 2.45) is 5.10 Å². The average molecular weight is 441 g/mol. The molecule has 1 amide bonds. The quantitative estimate of drug-likeness (QED) is 0.445. The zero-order valence-corrected chi connectivity index (χ0v) is 17.3. The number of hydrazone groups is 1. The van der Waals surface area contributed by atoms with Gasteiger partial charge in [-0.25, -0.2) is 5.43 Å². The van der Waals surface area contributed by atoms with Crippen LogP contribution in [0, 0.1) is 13.8 Å². The van der Waals surface area contributed by atoms with Crippen LogP contribution in [0.25, 0.3) is 0 Å². The van der Waals surface area contributed by atoms with Gasteiger partial charge < -0.3 is 4.74 Å². The van der Waals surface area contributed by atoms with Gasteiger partial charge in [0, 0.05) is 0 Å². The lowest BCUT2D eigenvalue weighted by Crippen LogP contribution is -2.24. The summed E-state index contributed by atoms with van der Waals surface area (Å²) in [5.41, 5.74) is 6.25. The van der Waals surface area contributed by atoms with E-state index in [1.165, 1.54) is 0 Å². The van der Waals surface area contributed by atoms with Crippen LogP contribution in [-0.2, 0) is 17.9 Å². The van der Waals surface area contributed by atoms with Gasteiger partial charge in [0.05, 0.1) is 22.1 Å². The Kier molecular flexibility index (Phi) is 6.60. The van der Waals surface area contributed by atoms with Crippen LogP contribution in [0.1, 0.15) is 22.5 Å². The molecule has 0 atom stereocenters. The number of carbonyl (C=O) groups is 1. The standard InChI is InChI=1S/C21H21BrN4O2/c1-15-21(22)16(2)26(25-15)13-20(27)24-23-12-17-8-10-19(11-9-17)28-14-18-6-4-3-5-7-18/h3-12H,13-14H2,1-2H3,(H,24,27)/b23-12+. The Hall–Kier alpha value is -2.93. The van der Waals surface area contributed by atoms with Gasteiger partial charge in [-0.05, 0) is 65.2 Å². The third-order valence-corrected chi connectivity index (χ3v) is 5.27. The van der Waals surface area contributed by atoms with E-state index in [4.69, 9.17) is 4.74 Å². The van der Waals surface area contributed by atoms with Gasteiger partial charge in [-0.15, -0.1) is 0 Å². The first kappa shape index (κ1) is 19.8. The first-order valence-corrected chi connectivity index (χ1v) is 9.60. The highest BCUT2D eigenvalue weighted by Crippen LogP contribution is 2.19. The van der Waals surface area contributed by atoms with Crippen LogP contribution in [0.5, 0.6) is 5.75 Å². The van der Waals surface area contributed by atoms with E-state index in [9.17, 15) is 4.79 Å². The smallest absolute Gasteiger partial charge is 0.261 e. The maximum atomic E-state index is 12.0. The molecule has 0 aliphatic rings. The van der Waals surface area contributed by atoms with Gasteiger partial charge in [0.2, 0.25) is 0 Å². The van der Waals surface area contributed by atoms with Crippen LogP contribution >= 0.6 is 15.9 Å². The Morgan fingerprint density at radius 3 is 2.54 bits per heavy atom. The number of halogens is 1. The lowest BCUT2D eigenvalue weighted by atomic mass is 10.2. The van der Waals surface area contributed by atoms with E-state index < -0.39 is 0 Å². The van der Waals surface area contributed by atoms with Crippen molar-refractivity contribution in [2.75, 3.05) is 0 Å². The summed E-state index contributed by atoms with van der Waals surface area (Å²) in [6.07, 6.45) is 1.59. The summed E-state index contributed by atoms with van der Waals surface area (Å²) in [5, 5.41) is 8.31. The highest BCUT2D eigenvalue weighted by atomic mass is 79.9. The predicted molar refractivity (Wildman–Crippen MR) is 112 cm³/mol. The molecule has 0 aliphatic carbocycles. The van der Waals surface area contributed by atoms with Gasteiger partial charge in [-0.2, -0.15) is 10.2 Å². The molecule has 2 aromatic carbocycles. The maximum Gasteiger partial charge on any atom is 0.261 e. The number of aromatic nitrogens is 2. The number of ether oxygens (including phenoxy) is 1. The topological polar surface area (TPSA) is 68.5 Å². The van der Waals surface area contributed by atoms with Gasteiger partial charge in [-0.1, -0.05) is 30.3 Å². The fourth-order valence-electron chi connectivity index (χ4n) is 2.57. The van der Waals surface area contributed by atoms with Gasteiger partial charge >= 0.3 is 0 Å². The van der Waals surface area contributed by atoms with Crippen molar-refractivity contribution in [1.29, 1.82) is 0 Å². The average Bonchev–Trinajstić information content (AvgIpc) is 2.95. The number of amides is 1. The van der Waals surface area contributed by atoms with E-state index in [2.05, 4.69) is 31.6 Å². The van der Waals surface area contributed by atoms with Crippen molar-refractivity contribution < 1.29 is 9.53 Å². The summed E-state index contributed by atoms with van der Waals surface area (Å²) in [4.78, 5) is 12.0. The molecule has 0 spiro atoms. The zero-order valence-electron chi connectivity index (χ0n) is 15.7. The molecule has 0 radical (unpaired) electrons. The third-order valence-electron chi connectivity index (χ3n) is 4.12. The molecule has 144 valence electrons. The molecule has 0 fully saturated rings. The molecule has 0 bridgehead atoms. The fourth-order valence-corrected chi connectivity index (χ4v) is 2.85. The Labute approximate surface area is 172 Å². The van der Waals surface area contributed by atoms with Crippen LogP contribution in [0.4, 0.5) is 0 Å². The Balaban J connectivity index is 1.48. The summed E-state index contributed by atoms with van der Waals surface area (Å²) < 4.78 is 8.31. The number of hydrogen-bond donors (Lipinski definition) is 1. The normalized spacial score (nSPS) is 11.0. The van der Waals surface area contributed by atoms with Crippen LogP contribution in [0.3, 0.4) is 0 Å². The van der Waals surface area contributed by atoms with Crippen LogP contribution < -0.4 is 10.2 Å². The number of rotatable bonds is 7. The minimum absolute atomic E-state index is 0.113. The summed E-state index contributed by atoms with van der Waals surface area (Å²) in [6.45, 7) is 4.42. The number of aryl methyl sites for hydroxylation is 1. The maximum absolute atomic E-state index is 12.0. The van der Waals surface area contributed by atoms with Crippen LogP contribution in [0.2, 0.25) is 0 Å². The largest absolute Gasteiger partial charge is 0.489 e. The highest BCUT2D eigenvalue weighted by molar-refractivity contribution is 9.10. The van der Waals surface area contributed by atoms with Crippen LogP contribution in [-0.4, -0.2) is 21.9 Å². The number of benzene rings is 2. The molecule has 0 aliphatic heterocycles. The summed E-state index contributed by atoms with van der Waals surface area (Å²) >= 11 is 3.45. The number of hydrogen-bond acceptors (Lipinski definition) is 4. The highest BCUT2D eigenvalue weighted by Gasteiger charge is 2.11. The molecule has 0 unspecified atom stereocenters. The zero-order chi connectivity index (χ0) is 19.9. The van der Waals surface area contributed by atoms with E-state index in [-0.39, 0.29) is 12.5 Å². The third kappa shape index (κ3) is 5.29. The summed E-state index contributed by atoms with van der Waals surface area (Å²) in [6, 6.07) is 17.5. The van der Waals surface area contributed by atoms with E-state index in [0.29, 0.717) is 6.61 Å². The van der Waals surface area contributed by atoms with E-state index in [1.807, 2.05) is 68.4 Å². The molecule has 1 N–H and O–H groups in total. The Morgan fingerprint density at radius 1 is 1.18 bits per heavy atom. The van der Waals surface area contributed by atoms with Gasteiger partial charge in [0.15, 0.2) is 0 Å². The summed E-state index contributed by atoms with van der Waals surface area (Å²) in [5.74, 6) is 0.539. The van der Waals surface area contributed by atoms with Gasteiger partial charge in [-0.3, -0.25) is 9.48 Å². The van der Waals surface area contributed by atoms with Gasteiger partial charge in [0.25, 0.3) is 5.91 Å². The predicted octanol–water partition coefficient (Wildman–Crippen LogP) is 3.99. The van der Waals surface area contributed by atoms with E-state index in [0.717, 1.165) is 32.7 Å². The monoisotopic (exact) mass is 440 g/mol. The lowest BCUT2D eigenvalue weighted by Gasteiger charge is -2.06. The van der Waals surface area contributed by atoms with Crippen molar-refractivity contribution >= 4 is 28.1 Å². The fraction of sp³-hybridized carbons (Fsp3) is 0.190. The number of nitrogens with zero attached hydrogens (tertiary/aromatic N) is 3. The molecule has 3 rings (SSSR count). The van der Waals surface area contributed by atoms with E-state index >= 15 is 0 Å². The minimum atomic E-state index is -0.239. The Morgan fingerprint density at radius 2 is 1.89 bits per heavy atom. The molecule has 28 heavy (non-hydrogen) atoms. The number of nitrogens with one attached hydrogen (secondary N) is 1. The lowest BCUT2D eigenvalue weighted by molar-refractivity contribution is -0.121. The second kappa shape index (κ2) is 9.32. The molecule has 0 saturated carbocycles. The van der Waals surface area contributed by atoms with Crippen molar-refractivity contribution in [3.63, 3.8) is 0 Å². The molecule has 7 heteroatoms.